The topological polar surface area (TPSA) is 269 Å². The van der Waals surface area contributed by atoms with Gasteiger partial charge in [-0.3, -0.25) is 28.8 Å². The number of nitrogens with two attached hydrogens (primary N) is 3. The van der Waals surface area contributed by atoms with Crippen molar-refractivity contribution in [2.24, 2.45) is 11.5 Å². The van der Waals surface area contributed by atoms with Gasteiger partial charge in [-0.05, 0) is 73.5 Å². The van der Waals surface area contributed by atoms with Crippen molar-refractivity contribution < 1.29 is 23.9 Å². The average molecular weight is 686 g/mol. The molecule has 3 aromatic carbocycles. The Morgan fingerprint density at radius 1 is 0.860 bits per heavy atom. The van der Waals surface area contributed by atoms with Crippen LogP contribution in [0.5, 0.6) is 5.75 Å². The van der Waals surface area contributed by atoms with E-state index in [0.717, 1.165) is 5.56 Å². The fraction of sp³-hybridized carbons (Fsp3) is 0.294. The summed E-state index contributed by atoms with van der Waals surface area (Å²) in [7, 11) is 0. The van der Waals surface area contributed by atoms with Crippen LogP contribution < -0.4 is 54.3 Å². The first kappa shape index (κ1) is 35.3. The Hall–Kier alpha value is -6.00. The number of nitrogens with one attached hydrogen (secondary N) is 6. The van der Waals surface area contributed by atoms with Crippen LogP contribution in [0.1, 0.15) is 45.5 Å². The first-order chi connectivity index (χ1) is 24.0. The van der Waals surface area contributed by atoms with Gasteiger partial charge in [-0.2, -0.15) is 0 Å². The molecule has 12 N–H and O–H groups in total. The molecule has 16 heteroatoms. The predicted octanol–water partition coefficient (Wildman–Crippen LogP) is -0.158. The SMILES string of the molecule is NCCCC[C@@H]1COc2ccc(NC(=O)c3ccc4[nH]c(=O)c(=O)[nH]c4c3)cc2C(=O)NC[C@H](N)C(=O)N[C@@H](Cc2ccc(N)cc2)C(=O)N1. The molecule has 0 unspecified atom stereocenters. The van der Waals surface area contributed by atoms with E-state index in [-0.39, 0.29) is 47.7 Å². The normalized spacial score (nSPS) is 18.5. The lowest BCUT2D eigenvalue weighted by molar-refractivity contribution is -0.130. The summed E-state index contributed by atoms with van der Waals surface area (Å²) in [4.78, 5) is 81.6. The third-order valence-corrected chi connectivity index (χ3v) is 8.13. The van der Waals surface area contributed by atoms with E-state index in [9.17, 15) is 28.8 Å². The molecule has 262 valence electrons. The summed E-state index contributed by atoms with van der Waals surface area (Å²) in [6.45, 7) is 0.182. The van der Waals surface area contributed by atoms with Gasteiger partial charge in [0.25, 0.3) is 11.8 Å². The van der Waals surface area contributed by atoms with E-state index in [1.807, 2.05) is 0 Å². The van der Waals surface area contributed by atoms with Crippen molar-refractivity contribution in [3.63, 3.8) is 0 Å². The third-order valence-electron chi connectivity index (χ3n) is 8.13. The van der Waals surface area contributed by atoms with Crippen LogP contribution in [-0.4, -0.2) is 71.4 Å². The first-order valence-corrected chi connectivity index (χ1v) is 16.0. The number of hydrogen-bond acceptors (Lipinski definition) is 10. The van der Waals surface area contributed by atoms with Gasteiger partial charge < -0.3 is 53.2 Å². The van der Waals surface area contributed by atoms with Crippen molar-refractivity contribution in [1.82, 2.24) is 25.9 Å². The lowest BCUT2D eigenvalue weighted by atomic mass is 10.0. The highest BCUT2D eigenvalue weighted by Gasteiger charge is 2.28. The molecule has 0 saturated heterocycles. The molecule has 1 aromatic heterocycles. The van der Waals surface area contributed by atoms with Crippen molar-refractivity contribution in [2.75, 3.05) is 30.7 Å². The van der Waals surface area contributed by atoms with Gasteiger partial charge in [0.1, 0.15) is 24.4 Å². The summed E-state index contributed by atoms with van der Waals surface area (Å²) < 4.78 is 6.11. The number of benzene rings is 3. The molecule has 2 heterocycles. The van der Waals surface area contributed by atoms with E-state index in [4.69, 9.17) is 21.9 Å². The molecule has 4 amide bonds. The molecule has 1 aliphatic rings. The zero-order valence-electron chi connectivity index (χ0n) is 27.0. The summed E-state index contributed by atoms with van der Waals surface area (Å²) in [6.07, 6.45) is 2.06. The molecule has 1 aliphatic heterocycles. The zero-order valence-corrected chi connectivity index (χ0v) is 27.0. The number of fused-ring (bicyclic) bond motifs is 2. The molecule has 5 rings (SSSR count). The van der Waals surface area contributed by atoms with Crippen molar-refractivity contribution in [3.05, 3.63) is 98.1 Å². The molecule has 50 heavy (non-hydrogen) atoms. The molecule has 4 aromatic rings. The Labute approximate surface area is 285 Å². The first-order valence-electron chi connectivity index (χ1n) is 16.0. The number of ether oxygens (including phenoxy) is 1. The Morgan fingerprint density at radius 2 is 1.60 bits per heavy atom. The van der Waals surface area contributed by atoms with Crippen molar-refractivity contribution in [3.8, 4) is 5.75 Å². The van der Waals surface area contributed by atoms with Gasteiger partial charge in [0, 0.05) is 29.9 Å². The second-order valence-corrected chi connectivity index (χ2v) is 12.0. The minimum absolute atomic E-state index is 0.0122. The number of hydrogen-bond donors (Lipinski definition) is 9. The Kier molecular flexibility index (Phi) is 11.3. The summed E-state index contributed by atoms with van der Waals surface area (Å²) in [6, 6.07) is 13.1. The summed E-state index contributed by atoms with van der Waals surface area (Å²) in [5.74, 6) is -2.09. The molecular formula is C34H39N9O7. The number of aromatic amines is 2. The zero-order chi connectivity index (χ0) is 35.8. The van der Waals surface area contributed by atoms with Crippen molar-refractivity contribution >= 4 is 46.0 Å². The van der Waals surface area contributed by atoms with Gasteiger partial charge >= 0.3 is 11.1 Å². The van der Waals surface area contributed by atoms with Crippen molar-refractivity contribution in [2.45, 2.75) is 43.8 Å². The Bertz CT molecular complexity index is 2010. The number of carbonyl (C=O) groups excluding carboxylic acids is 4. The summed E-state index contributed by atoms with van der Waals surface area (Å²) >= 11 is 0. The number of carbonyl (C=O) groups is 4. The largest absolute Gasteiger partial charge is 0.491 e. The minimum atomic E-state index is -1.20. The highest BCUT2D eigenvalue weighted by molar-refractivity contribution is 6.07. The number of unbranched alkanes of at least 4 members (excludes halogenated alkanes) is 1. The van der Waals surface area contributed by atoms with Crippen LogP contribution in [0.2, 0.25) is 0 Å². The van der Waals surface area contributed by atoms with Crippen LogP contribution in [0.3, 0.4) is 0 Å². The van der Waals surface area contributed by atoms with Gasteiger partial charge in [0.15, 0.2) is 0 Å². The maximum Gasteiger partial charge on any atom is 0.314 e. The van der Waals surface area contributed by atoms with E-state index in [2.05, 4.69) is 31.2 Å². The van der Waals surface area contributed by atoms with Gasteiger partial charge in [0.05, 0.1) is 22.6 Å². The van der Waals surface area contributed by atoms with E-state index >= 15 is 0 Å². The van der Waals surface area contributed by atoms with E-state index in [0.29, 0.717) is 37.0 Å². The van der Waals surface area contributed by atoms with Crippen LogP contribution >= 0.6 is 0 Å². The summed E-state index contributed by atoms with van der Waals surface area (Å²) in [5, 5.41) is 11.0. The number of amides is 4. The van der Waals surface area contributed by atoms with Crippen LogP contribution in [-0.2, 0) is 16.0 Å². The molecule has 0 aliphatic carbocycles. The van der Waals surface area contributed by atoms with Gasteiger partial charge in [0.2, 0.25) is 11.8 Å². The third kappa shape index (κ3) is 8.91. The van der Waals surface area contributed by atoms with Crippen LogP contribution in [0.15, 0.2) is 70.3 Å². The fourth-order valence-electron chi connectivity index (χ4n) is 5.36. The highest BCUT2D eigenvalue weighted by atomic mass is 16.5. The highest BCUT2D eigenvalue weighted by Crippen LogP contribution is 2.25. The number of rotatable bonds is 8. The predicted molar refractivity (Wildman–Crippen MR) is 187 cm³/mol. The molecular weight excluding hydrogens is 646 g/mol. The molecule has 16 nitrogen and oxygen atoms in total. The second-order valence-electron chi connectivity index (χ2n) is 12.0. The average Bonchev–Trinajstić information content (AvgIpc) is 3.10. The van der Waals surface area contributed by atoms with Crippen molar-refractivity contribution in [1.29, 1.82) is 0 Å². The fourth-order valence-corrected chi connectivity index (χ4v) is 5.36. The molecule has 0 saturated carbocycles. The lowest BCUT2D eigenvalue weighted by Crippen LogP contribution is -2.56. The summed E-state index contributed by atoms with van der Waals surface area (Å²) in [5.41, 5.74) is 18.3. The van der Waals surface area contributed by atoms with Crippen LogP contribution in [0.4, 0.5) is 11.4 Å². The molecule has 0 fully saturated rings. The maximum atomic E-state index is 13.6. The van der Waals surface area contributed by atoms with Crippen LogP contribution in [0.25, 0.3) is 11.0 Å². The molecule has 0 spiro atoms. The molecule has 3 atom stereocenters. The number of aromatic nitrogens is 2. The smallest absolute Gasteiger partial charge is 0.314 e. The monoisotopic (exact) mass is 685 g/mol. The van der Waals surface area contributed by atoms with E-state index in [1.165, 1.54) is 36.4 Å². The van der Waals surface area contributed by atoms with Gasteiger partial charge in [-0.25, -0.2) is 0 Å². The number of nitrogen functional groups attached to an aromatic ring is 1. The number of anilines is 2. The van der Waals surface area contributed by atoms with Gasteiger partial charge in [-0.1, -0.05) is 18.6 Å². The Balaban J connectivity index is 1.39. The molecule has 0 radical (unpaired) electrons. The second kappa shape index (κ2) is 15.9. The lowest BCUT2D eigenvalue weighted by Gasteiger charge is -2.26. The Morgan fingerprint density at radius 3 is 2.34 bits per heavy atom. The molecule has 0 bridgehead atoms. The van der Waals surface area contributed by atoms with Crippen LogP contribution in [0, 0.1) is 0 Å². The van der Waals surface area contributed by atoms with Gasteiger partial charge in [-0.15, -0.1) is 0 Å². The quantitative estimate of drug-likeness (QED) is 0.0672. The van der Waals surface area contributed by atoms with E-state index in [1.54, 1.807) is 24.3 Å². The standard InChI is InChI=1S/C34H39N9O7/c35-12-2-1-3-22-17-50-28-11-9-21(39-29(44)19-6-10-25-26(14-19)42-34(49)33(48)41-25)15-23(28)30(45)38-16-24(37)31(46)43-27(32(47)40-22)13-18-4-7-20(36)8-5-18/h4-11,14-15,22,24,27H,1-3,12-13,16-17,35-37H2,(H,38,45)(H,39,44)(H,40,47)(H,41,48)(H,42,49)(H,43,46)/t22-,24+,27+/m1/s1. The maximum absolute atomic E-state index is 13.6. The van der Waals surface area contributed by atoms with E-state index < -0.39 is 52.9 Å². The minimum Gasteiger partial charge on any atom is -0.491 e. The number of H-pyrrole nitrogens is 2.